The standard InChI is InChI=1S/C19H19Cl2N3O3S/c1-12(14-8-7-13(20)11-16(14)21)24(2)18(25)9-10-22-19-15-5-3-4-6-17(15)28(26,27)23-19/h3-8,11-12H,9-10H2,1-2H3,(H,22,23). The largest absolute Gasteiger partial charge is 0.339 e. The fraction of sp³-hybridized carbons (Fsp3) is 0.263. The minimum absolute atomic E-state index is 0.128. The van der Waals surface area contributed by atoms with E-state index in [2.05, 4.69) is 9.71 Å². The molecule has 28 heavy (non-hydrogen) atoms. The van der Waals surface area contributed by atoms with Gasteiger partial charge in [0.2, 0.25) is 5.91 Å². The van der Waals surface area contributed by atoms with Crippen LogP contribution in [0.2, 0.25) is 10.0 Å². The summed E-state index contributed by atoms with van der Waals surface area (Å²) in [5, 5.41) is 1.03. The number of benzene rings is 2. The Morgan fingerprint density at radius 3 is 2.64 bits per heavy atom. The number of hydrogen-bond acceptors (Lipinski definition) is 4. The number of halogens is 2. The van der Waals surface area contributed by atoms with Crippen LogP contribution in [0.3, 0.4) is 0 Å². The van der Waals surface area contributed by atoms with Gasteiger partial charge in [0.25, 0.3) is 10.0 Å². The average Bonchev–Trinajstić information content (AvgIpc) is 2.91. The first-order valence-electron chi connectivity index (χ1n) is 8.58. The van der Waals surface area contributed by atoms with E-state index in [-0.39, 0.29) is 35.6 Å². The summed E-state index contributed by atoms with van der Waals surface area (Å²) in [5.41, 5.74) is 1.32. The molecule has 0 fully saturated rings. The van der Waals surface area contributed by atoms with Crippen molar-refractivity contribution in [3.8, 4) is 0 Å². The predicted molar refractivity (Wildman–Crippen MR) is 110 cm³/mol. The zero-order valence-corrected chi connectivity index (χ0v) is 17.6. The molecule has 1 amide bonds. The van der Waals surface area contributed by atoms with Crippen molar-refractivity contribution in [3.05, 3.63) is 63.6 Å². The van der Waals surface area contributed by atoms with Crippen LogP contribution in [0, 0.1) is 0 Å². The van der Waals surface area contributed by atoms with E-state index in [1.807, 2.05) is 6.92 Å². The first-order chi connectivity index (χ1) is 13.2. The highest BCUT2D eigenvalue weighted by atomic mass is 35.5. The van der Waals surface area contributed by atoms with Gasteiger partial charge in [0.1, 0.15) is 5.84 Å². The molecule has 1 aliphatic heterocycles. The van der Waals surface area contributed by atoms with Gasteiger partial charge < -0.3 is 4.90 Å². The van der Waals surface area contributed by atoms with Gasteiger partial charge in [-0.1, -0.05) is 41.4 Å². The van der Waals surface area contributed by atoms with Gasteiger partial charge in [0, 0.05) is 29.1 Å². The molecule has 0 aromatic heterocycles. The number of amides is 1. The highest BCUT2D eigenvalue weighted by Crippen LogP contribution is 2.29. The van der Waals surface area contributed by atoms with E-state index in [1.165, 1.54) is 6.07 Å². The second kappa shape index (κ2) is 8.11. The summed E-state index contributed by atoms with van der Waals surface area (Å²) < 4.78 is 26.6. The Hall–Kier alpha value is -2.09. The van der Waals surface area contributed by atoms with Crippen LogP contribution in [0.25, 0.3) is 0 Å². The Labute approximate surface area is 174 Å². The molecule has 1 aliphatic rings. The summed E-state index contributed by atoms with van der Waals surface area (Å²) in [7, 11) is -1.89. The Kier molecular flexibility index (Phi) is 5.98. The molecule has 0 radical (unpaired) electrons. The molecule has 1 atom stereocenters. The number of fused-ring (bicyclic) bond motifs is 1. The van der Waals surface area contributed by atoms with Crippen molar-refractivity contribution in [2.45, 2.75) is 24.3 Å². The number of carbonyl (C=O) groups excluding carboxylic acids is 1. The summed E-state index contributed by atoms with van der Waals surface area (Å²) in [5.74, 6) is 0.136. The van der Waals surface area contributed by atoms with E-state index in [1.54, 1.807) is 48.3 Å². The molecule has 0 saturated heterocycles. The summed E-state index contributed by atoms with van der Waals surface area (Å²) in [6.45, 7) is 2.04. The maximum atomic E-state index is 12.5. The monoisotopic (exact) mass is 439 g/mol. The number of rotatable bonds is 5. The van der Waals surface area contributed by atoms with Crippen LogP contribution >= 0.6 is 23.2 Å². The topological polar surface area (TPSA) is 78.8 Å². The van der Waals surface area contributed by atoms with Gasteiger partial charge in [-0.3, -0.25) is 14.5 Å². The minimum atomic E-state index is -3.58. The van der Waals surface area contributed by atoms with Crippen molar-refractivity contribution in [1.29, 1.82) is 0 Å². The van der Waals surface area contributed by atoms with Crippen molar-refractivity contribution in [3.63, 3.8) is 0 Å². The molecule has 1 unspecified atom stereocenters. The van der Waals surface area contributed by atoms with Crippen LogP contribution in [0.1, 0.15) is 30.5 Å². The van der Waals surface area contributed by atoms with Crippen LogP contribution in [-0.4, -0.2) is 38.7 Å². The molecule has 0 bridgehead atoms. The number of sulfonamides is 1. The molecular formula is C19H19Cl2N3O3S. The smallest absolute Gasteiger partial charge is 0.263 e. The quantitative estimate of drug-likeness (QED) is 0.771. The molecule has 2 aromatic rings. The van der Waals surface area contributed by atoms with Gasteiger partial charge in [-0.25, -0.2) is 8.42 Å². The van der Waals surface area contributed by atoms with Crippen molar-refractivity contribution in [2.75, 3.05) is 13.6 Å². The van der Waals surface area contributed by atoms with E-state index >= 15 is 0 Å². The van der Waals surface area contributed by atoms with Gasteiger partial charge >= 0.3 is 0 Å². The zero-order chi connectivity index (χ0) is 20.5. The average molecular weight is 440 g/mol. The maximum absolute atomic E-state index is 12.5. The third-order valence-electron chi connectivity index (χ3n) is 4.65. The Morgan fingerprint density at radius 2 is 1.93 bits per heavy atom. The summed E-state index contributed by atoms with van der Waals surface area (Å²) in [4.78, 5) is 18.6. The normalized spacial score (nSPS) is 17.1. The molecule has 9 heteroatoms. The minimum Gasteiger partial charge on any atom is -0.339 e. The summed E-state index contributed by atoms with van der Waals surface area (Å²) >= 11 is 12.2. The number of amidine groups is 1. The van der Waals surface area contributed by atoms with Crippen LogP contribution < -0.4 is 4.72 Å². The van der Waals surface area contributed by atoms with Gasteiger partial charge in [-0.05, 0) is 36.8 Å². The Balaban J connectivity index is 1.67. The number of aliphatic imine (C=N–C) groups is 1. The van der Waals surface area contributed by atoms with Gasteiger partial charge in [-0.2, -0.15) is 0 Å². The first kappa shape index (κ1) is 20.6. The molecule has 0 saturated carbocycles. The zero-order valence-electron chi connectivity index (χ0n) is 15.3. The van der Waals surface area contributed by atoms with E-state index < -0.39 is 10.0 Å². The van der Waals surface area contributed by atoms with E-state index in [0.29, 0.717) is 15.6 Å². The SMILES string of the molecule is CC(c1ccc(Cl)cc1Cl)N(C)C(=O)CCN=C1NS(=O)(=O)c2ccccc21. The highest BCUT2D eigenvalue weighted by molar-refractivity contribution is 7.90. The lowest BCUT2D eigenvalue weighted by molar-refractivity contribution is -0.131. The molecular weight excluding hydrogens is 421 g/mol. The predicted octanol–water partition coefficient (Wildman–Crippen LogP) is 3.64. The first-order valence-corrected chi connectivity index (χ1v) is 10.8. The molecule has 0 spiro atoms. The molecule has 6 nitrogen and oxygen atoms in total. The number of nitrogens with one attached hydrogen (secondary N) is 1. The fourth-order valence-corrected chi connectivity index (χ4v) is 4.77. The molecule has 2 aromatic carbocycles. The Bertz CT molecular complexity index is 1050. The van der Waals surface area contributed by atoms with Gasteiger partial charge in [-0.15, -0.1) is 0 Å². The van der Waals surface area contributed by atoms with Crippen LogP contribution in [-0.2, 0) is 14.8 Å². The molecule has 1 N–H and O–H groups in total. The van der Waals surface area contributed by atoms with Crippen molar-refractivity contribution >= 4 is 45.0 Å². The second-order valence-electron chi connectivity index (χ2n) is 6.43. The van der Waals surface area contributed by atoms with E-state index in [4.69, 9.17) is 23.2 Å². The molecule has 1 heterocycles. The van der Waals surface area contributed by atoms with Crippen molar-refractivity contribution in [1.82, 2.24) is 9.62 Å². The number of hydrogen-bond donors (Lipinski definition) is 1. The number of carbonyl (C=O) groups is 1. The third kappa shape index (κ3) is 4.16. The lowest BCUT2D eigenvalue weighted by Crippen LogP contribution is -2.30. The molecule has 148 valence electrons. The van der Waals surface area contributed by atoms with Crippen molar-refractivity contribution < 1.29 is 13.2 Å². The fourth-order valence-electron chi connectivity index (χ4n) is 2.96. The molecule has 3 rings (SSSR count). The van der Waals surface area contributed by atoms with Crippen LogP contribution in [0.4, 0.5) is 0 Å². The van der Waals surface area contributed by atoms with E-state index in [9.17, 15) is 13.2 Å². The lowest BCUT2D eigenvalue weighted by atomic mass is 10.1. The van der Waals surface area contributed by atoms with Gasteiger partial charge in [0.05, 0.1) is 17.5 Å². The maximum Gasteiger partial charge on any atom is 0.263 e. The lowest BCUT2D eigenvalue weighted by Gasteiger charge is -2.26. The third-order valence-corrected chi connectivity index (χ3v) is 6.60. The highest BCUT2D eigenvalue weighted by Gasteiger charge is 2.30. The van der Waals surface area contributed by atoms with Crippen LogP contribution in [0.15, 0.2) is 52.4 Å². The van der Waals surface area contributed by atoms with Gasteiger partial charge in [0.15, 0.2) is 0 Å². The van der Waals surface area contributed by atoms with Crippen LogP contribution in [0.5, 0.6) is 0 Å². The van der Waals surface area contributed by atoms with E-state index in [0.717, 1.165) is 5.56 Å². The second-order valence-corrected chi connectivity index (χ2v) is 8.92. The molecule has 0 aliphatic carbocycles. The summed E-state index contributed by atoms with van der Waals surface area (Å²) in [6, 6.07) is 11.5. The summed E-state index contributed by atoms with van der Waals surface area (Å²) in [6.07, 6.45) is 0.138. The van der Waals surface area contributed by atoms with Crippen molar-refractivity contribution in [2.24, 2.45) is 4.99 Å². The number of nitrogens with zero attached hydrogens (tertiary/aromatic N) is 2. The Morgan fingerprint density at radius 1 is 1.21 bits per heavy atom.